The lowest BCUT2D eigenvalue weighted by atomic mass is 9.86. The maximum Gasteiger partial charge on any atom is 0.229 e. The van der Waals surface area contributed by atoms with Gasteiger partial charge in [0.25, 0.3) is 0 Å². The number of aliphatic hydroxyl groups is 1. The summed E-state index contributed by atoms with van der Waals surface area (Å²) in [4.78, 5) is 22.9. The van der Waals surface area contributed by atoms with E-state index < -0.39 is 17.5 Å². The van der Waals surface area contributed by atoms with E-state index in [0.717, 1.165) is 11.1 Å². The zero-order valence-electron chi connectivity index (χ0n) is 13.0. The Balaban J connectivity index is 2.13. The summed E-state index contributed by atoms with van der Waals surface area (Å²) in [5.74, 6) is -0.873. The van der Waals surface area contributed by atoms with Gasteiger partial charge in [-0.3, -0.25) is 9.59 Å². The van der Waals surface area contributed by atoms with Crippen molar-refractivity contribution < 1.29 is 19.4 Å². The van der Waals surface area contributed by atoms with Crippen LogP contribution < -0.4 is 0 Å². The van der Waals surface area contributed by atoms with Crippen LogP contribution in [-0.2, 0) is 27.4 Å². The number of hydrogen-bond acceptors (Lipinski definition) is 4. The van der Waals surface area contributed by atoms with Gasteiger partial charge in [0.1, 0.15) is 0 Å². The highest BCUT2D eigenvalue weighted by atomic mass is 16.5. The minimum atomic E-state index is -1.88. The average molecular weight is 312 g/mol. The number of ether oxygens (including phenoxy) is 1. The fraction of sp³-hybridized carbons (Fsp3) is 0.263. The Morgan fingerprint density at radius 3 is 2.13 bits per heavy atom. The lowest BCUT2D eigenvalue weighted by Crippen LogP contribution is -2.51. The van der Waals surface area contributed by atoms with Crippen LogP contribution in [-0.4, -0.2) is 28.9 Å². The number of rotatable bonds is 8. The Bertz CT molecular complexity index is 639. The molecule has 0 saturated carbocycles. The van der Waals surface area contributed by atoms with Gasteiger partial charge in [0.05, 0.1) is 12.7 Å². The summed E-state index contributed by atoms with van der Waals surface area (Å²) in [5, 5.41) is 10.8. The molecule has 2 aromatic rings. The van der Waals surface area contributed by atoms with E-state index in [2.05, 4.69) is 0 Å². The Labute approximate surface area is 135 Å². The third-order valence-electron chi connectivity index (χ3n) is 3.87. The van der Waals surface area contributed by atoms with Crippen molar-refractivity contribution in [2.75, 3.05) is 0 Å². The van der Waals surface area contributed by atoms with E-state index in [1.165, 1.54) is 0 Å². The van der Waals surface area contributed by atoms with E-state index in [-0.39, 0.29) is 19.3 Å². The Hall–Kier alpha value is -2.30. The number of aldehydes is 1. The van der Waals surface area contributed by atoms with Crippen LogP contribution in [0.5, 0.6) is 0 Å². The zero-order chi connectivity index (χ0) is 16.7. The number of carbonyl (C=O) groups excluding carboxylic acids is 2. The maximum atomic E-state index is 12.0. The van der Waals surface area contributed by atoms with Gasteiger partial charge in [0.15, 0.2) is 11.9 Å². The molecule has 120 valence electrons. The van der Waals surface area contributed by atoms with Crippen molar-refractivity contribution in [3.63, 3.8) is 0 Å². The highest BCUT2D eigenvalue weighted by molar-refractivity contribution is 6.29. The normalized spacial score (nSPS) is 14.7. The molecular weight excluding hydrogens is 292 g/mol. The van der Waals surface area contributed by atoms with E-state index in [4.69, 9.17) is 4.74 Å². The molecule has 0 unspecified atom stereocenters. The van der Waals surface area contributed by atoms with Crippen LogP contribution in [0, 0.1) is 0 Å². The molecule has 0 spiro atoms. The molecule has 0 bridgehead atoms. The van der Waals surface area contributed by atoms with Crippen molar-refractivity contribution in [3.8, 4) is 0 Å². The molecule has 4 heteroatoms. The first-order valence-corrected chi connectivity index (χ1v) is 7.47. The molecular formula is C19H20O4. The molecule has 4 nitrogen and oxygen atoms in total. The molecule has 2 aromatic carbocycles. The highest BCUT2D eigenvalue weighted by Gasteiger charge is 2.42. The average Bonchev–Trinajstić information content (AvgIpc) is 2.60. The summed E-state index contributed by atoms with van der Waals surface area (Å²) in [6, 6.07) is 18.5. The highest BCUT2D eigenvalue weighted by Crippen LogP contribution is 2.22. The van der Waals surface area contributed by atoms with E-state index in [1.807, 2.05) is 48.5 Å². The quantitative estimate of drug-likeness (QED) is 0.600. The van der Waals surface area contributed by atoms with Crippen molar-refractivity contribution in [2.24, 2.45) is 0 Å². The molecule has 0 radical (unpaired) electrons. The lowest BCUT2D eigenvalue weighted by Gasteiger charge is -2.31. The standard InChI is InChI=1S/C19H20O4/c1-15(23-14-17-10-6-3-7-11-17)19(22,18(21)13-20)12-16-8-4-2-5-9-16/h2-11,13,15,22H,12,14H2,1H3/t15-,19-/m0/s1. The molecule has 2 atom stereocenters. The minimum absolute atomic E-state index is 0.0291. The number of benzene rings is 2. The first kappa shape index (κ1) is 17.1. The van der Waals surface area contributed by atoms with Gasteiger partial charge in [-0.05, 0) is 18.1 Å². The summed E-state index contributed by atoms with van der Waals surface area (Å²) < 4.78 is 5.66. The Morgan fingerprint density at radius 2 is 1.61 bits per heavy atom. The predicted molar refractivity (Wildman–Crippen MR) is 86.9 cm³/mol. The first-order valence-electron chi connectivity index (χ1n) is 7.47. The summed E-state index contributed by atoms with van der Waals surface area (Å²) in [7, 11) is 0. The third kappa shape index (κ3) is 4.34. The molecule has 2 rings (SSSR count). The molecule has 0 saturated heterocycles. The second kappa shape index (κ2) is 7.81. The summed E-state index contributed by atoms with van der Waals surface area (Å²) >= 11 is 0. The first-order chi connectivity index (χ1) is 11.1. The van der Waals surface area contributed by atoms with Crippen molar-refractivity contribution in [2.45, 2.75) is 31.7 Å². The lowest BCUT2D eigenvalue weighted by molar-refractivity contribution is -0.158. The van der Waals surface area contributed by atoms with Crippen molar-refractivity contribution in [3.05, 3.63) is 71.8 Å². The molecule has 0 aliphatic rings. The predicted octanol–water partition coefficient (Wildman–Crippen LogP) is 2.33. The van der Waals surface area contributed by atoms with Gasteiger partial charge < -0.3 is 9.84 Å². The molecule has 0 aliphatic carbocycles. The summed E-state index contributed by atoms with van der Waals surface area (Å²) in [5.41, 5.74) is -0.182. The molecule has 0 heterocycles. The van der Waals surface area contributed by atoms with E-state index in [9.17, 15) is 14.7 Å². The van der Waals surface area contributed by atoms with Gasteiger partial charge in [-0.1, -0.05) is 60.7 Å². The summed E-state index contributed by atoms with van der Waals surface area (Å²) in [6.45, 7) is 1.86. The second-order valence-electron chi connectivity index (χ2n) is 5.51. The fourth-order valence-electron chi connectivity index (χ4n) is 2.37. The van der Waals surface area contributed by atoms with Crippen molar-refractivity contribution >= 4 is 12.1 Å². The number of carbonyl (C=O) groups is 2. The van der Waals surface area contributed by atoms with E-state index >= 15 is 0 Å². The van der Waals surface area contributed by atoms with Crippen LogP contribution in [0.2, 0.25) is 0 Å². The zero-order valence-corrected chi connectivity index (χ0v) is 13.0. The topological polar surface area (TPSA) is 63.6 Å². The van der Waals surface area contributed by atoms with Crippen LogP contribution in [0.15, 0.2) is 60.7 Å². The third-order valence-corrected chi connectivity index (χ3v) is 3.87. The van der Waals surface area contributed by atoms with Gasteiger partial charge >= 0.3 is 0 Å². The SMILES string of the molecule is C[C@H](OCc1ccccc1)[C@@](O)(Cc1ccccc1)C(=O)C=O. The molecule has 0 amide bonds. The number of hydrogen-bond donors (Lipinski definition) is 1. The van der Waals surface area contributed by atoms with Gasteiger partial charge in [-0.25, -0.2) is 0 Å². The molecule has 23 heavy (non-hydrogen) atoms. The van der Waals surface area contributed by atoms with Crippen molar-refractivity contribution in [1.29, 1.82) is 0 Å². The monoisotopic (exact) mass is 312 g/mol. The van der Waals surface area contributed by atoms with E-state index in [0.29, 0.717) is 0 Å². The van der Waals surface area contributed by atoms with Crippen LogP contribution in [0.1, 0.15) is 18.1 Å². The molecule has 0 fully saturated rings. The molecule has 0 aromatic heterocycles. The van der Waals surface area contributed by atoms with Crippen LogP contribution in [0.25, 0.3) is 0 Å². The van der Waals surface area contributed by atoms with Gasteiger partial charge in [-0.15, -0.1) is 0 Å². The van der Waals surface area contributed by atoms with E-state index in [1.54, 1.807) is 19.1 Å². The Kier molecular flexibility index (Phi) is 5.79. The van der Waals surface area contributed by atoms with Gasteiger partial charge in [0.2, 0.25) is 5.78 Å². The second-order valence-corrected chi connectivity index (χ2v) is 5.51. The number of Topliss-reactive ketones (excluding diaryl/α,β-unsaturated/α-hetero) is 1. The minimum Gasteiger partial charge on any atom is -0.378 e. The summed E-state index contributed by atoms with van der Waals surface area (Å²) in [6.07, 6.45) is -0.632. The molecule has 1 N–H and O–H groups in total. The van der Waals surface area contributed by atoms with Crippen LogP contribution in [0.3, 0.4) is 0 Å². The van der Waals surface area contributed by atoms with Gasteiger partial charge in [0, 0.05) is 6.42 Å². The molecule has 0 aliphatic heterocycles. The van der Waals surface area contributed by atoms with Gasteiger partial charge in [-0.2, -0.15) is 0 Å². The maximum absolute atomic E-state index is 12.0. The van der Waals surface area contributed by atoms with Crippen LogP contribution in [0.4, 0.5) is 0 Å². The smallest absolute Gasteiger partial charge is 0.229 e. The van der Waals surface area contributed by atoms with Crippen LogP contribution >= 0.6 is 0 Å². The Morgan fingerprint density at radius 1 is 1.09 bits per heavy atom. The largest absolute Gasteiger partial charge is 0.378 e. The fourth-order valence-corrected chi connectivity index (χ4v) is 2.37. The van der Waals surface area contributed by atoms with Crippen molar-refractivity contribution in [1.82, 2.24) is 0 Å². The number of ketones is 1.